The van der Waals surface area contributed by atoms with E-state index in [1.54, 1.807) is 10.9 Å². The van der Waals surface area contributed by atoms with Crippen molar-refractivity contribution in [3.05, 3.63) is 48.3 Å². The Balaban J connectivity index is 1.68. The van der Waals surface area contributed by atoms with Crippen LogP contribution >= 0.6 is 0 Å². The van der Waals surface area contributed by atoms with Gasteiger partial charge in [0.2, 0.25) is 5.91 Å². The van der Waals surface area contributed by atoms with Gasteiger partial charge in [0, 0.05) is 24.1 Å². The molecule has 0 spiro atoms. The van der Waals surface area contributed by atoms with Crippen molar-refractivity contribution < 1.29 is 9.59 Å². The second-order valence-corrected chi connectivity index (χ2v) is 7.28. The van der Waals surface area contributed by atoms with Crippen molar-refractivity contribution in [3.8, 4) is 0 Å². The van der Waals surface area contributed by atoms with Gasteiger partial charge >= 0.3 is 0 Å². The van der Waals surface area contributed by atoms with Crippen molar-refractivity contribution in [1.82, 2.24) is 20.4 Å². The highest BCUT2D eigenvalue weighted by Gasteiger charge is 2.42. The Morgan fingerprint density at radius 1 is 1.22 bits per heavy atom. The number of carbonyl (C=O) groups is 2. The average molecular weight is 369 g/mol. The molecule has 0 aliphatic carbocycles. The molecule has 1 aromatic carbocycles. The summed E-state index contributed by atoms with van der Waals surface area (Å²) in [5.41, 5.74) is 0.956. The van der Waals surface area contributed by atoms with Crippen LogP contribution in [-0.4, -0.2) is 40.7 Å². The minimum absolute atomic E-state index is 0.00544. The molecule has 0 atom stereocenters. The minimum Gasteiger partial charge on any atom is -0.354 e. The number of nitrogens with one attached hydrogen (secondary N) is 3. The number of carbonyl (C=O) groups excluding carboxylic acids is 2. The van der Waals surface area contributed by atoms with Gasteiger partial charge in [0.15, 0.2) is 0 Å². The van der Waals surface area contributed by atoms with Gasteiger partial charge in [-0.15, -0.1) is 0 Å². The van der Waals surface area contributed by atoms with Gasteiger partial charge in [-0.05, 0) is 63.5 Å². The van der Waals surface area contributed by atoms with Crippen LogP contribution in [0.3, 0.4) is 0 Å². The molecule has 2 aromatic rings. The summed E-state index contributed by atoms with van der Waals surface area (Å²) in [6.07, 6.45) is 5.26. The van der Waals surface area contributed by atoms with Gasteiger partial charge in [-0.3, -0.25) is 14.3 Å². The molecule has 27 heavy (non-hydrogen) atoms. The van der Waals surface area contributed by atoms with E-state index in [0.29, 0.717) is 19.3 Å². The highest BCUT2D eigenvalue weighted by Crippen LogP contribution is 2.28. The molecule has 1 aliphatic heterocycles. The zero-order valence-electron chi connectivity index (χ0n) is 15.9. The molecule has 1 aromatic heterocycles. The Bertz CT molecular complexity index is 762. The quantitative estimate of drug-likeness (QED) is 0.723. The standard InChI is InChI=1S/C20H27N5O2/c1-15(2)23-18(26)14-16-4-6-17(7-5-16)24-19(27)20(8-11-21-12-9-20)25-13-3-10-22-25/h3-7,10,13,15,21H,8-9,11-12,14H2,1-2H3,(H,23,26)(H,24,27). The molecule has 1 saturated heterocycles. The molecule has 3 rings (SSSR count). The van der Waals surface area contributed by atoms with Gasteiger partial charge in [0.05, 0.1) is 6.42 Å². The lowest BCUT2D eigenvalue weighted by Gasteiger charge is -2.36. The summed E-state index contributed by atoms with van der Waals surface area (Å²) in [5, 5.41) is 13.5. The Morgan fingerprint density at radius 3 is 2.52 bits per heavy atom. The van der Waals surface area contributed by atoms with Crippen LogP contribution in [0.15, 0.2) is 42.7 Å². The normalized spacial score (nSPS) is 16.1. The van der Waals surface area contributed by atoms with E-state index >= 15 is 0 Å². The number of aromatic nitrogens is 2. The highest BCUT2D eigenvalue weighted by atomic mass is 16.2. The number of rotatable bonds is 6. The third-order valence-corrected chi connectivity index (χ3v) is 4.82. The first-order chi connectivity index (χ1) is 13.0. The monoisotopic (exact) mass is 369 g/mol. The highest BCUT2D eigenvalue weighted by molar-refractivity contribution is 5.96. The predicted octanol–water partition coefficient (Wildman–Crippen LogP) is 1.67. The second-order valence-electron chi connectivity index (χ2n) is 7.28. The summed E-state index contributed by atoms with van der Waals surface area (Å²) < 4.78 is 1.77. The van der Waals surface area contributed by atoms with Crippen molar-refractivity contribution in [1.29, 1.82) is 0 Å². The molecule has 0 bridgehead atoms. The van der Waals surface area contributed by atoms with Crippen molar-refractivity contribution >= 4 is 17.5 Å². The van der Waals surface area contributed by atoms with Crippen LogP contribution in [0.4, 0.5) is 5.69 Å². The molecule has 7 heteroatoms. The van der Waals surface area contributed by atoms with Crippen LogP contribution in [0.2, 0.25) is 0 Å². The van der Waals surface area contributed by atoms with E-state index in [0.717, 1.165) is 24.3 Å². The third kappa shape index (κ3) is 4.54. The maximum atomic E-state index is 13.1. The maximum absolute atomic E-state index is 13.1. The zero-order valence-corrected chi connectivity index (χ0v) is 15.9. The SMILES string of the molecule is CC(C)NC(=O)Cc1ccc(NC(=O)C2(n3cccn3)CCNCC2)cc1. The van der Waals surface area contributed by atoms with E-state index in [1.165, 1.54) is 0 Å². The molecular formula is C20H27N5O2. The second kappa shape index (κ2) is 8.35. The lowest BCUT2D eigenvalue weighted by atomic mass is 9.87. The lowest BCUT2D eigenvalue weighted by molar-refractivity contribution is -0.126. The third-order valence-electron chi connectivity index (χ3n) is 4.82. The molecule has 2 amide bonds. The molecule has 144 valence electrons. The number of anilines is 1. The van der Waals surface area contributed by atoms with Gasteiger partial charge in [0.1, 0.15) is 5.54 Å². The van der Waals surface area contributed by atoms with E-state index < -0.39 is 5.54 Å². The lowest BCUT2D eigenvalue weighted by Crippen LogP contribution is -2.52. The Labute approximate surface area is 159 Å². The van der Waals surface area contributed by atoms with Gasteiger partial charge in [-0.2, -0.15) is 5.10 Å². The van der Waals surface area contributed by atoms with Crippen molar-refractivity contribution in [3.63, 3.8) is 0 Å². The maximum Gasteiger partial charge on any atom is 0.252 e. The van der Waals surface area contributed by atoms with Crippen LogP contribution in [0.25, 0.3) is 0 Å². The van der Waals surface area contributed by atoms with Gasteiger partial charge in [-0.25, -0.2) is 0 Å². The first-order valence-corrected chi connectivity index (χ1v) is 9.40. The number of nitrogens with zero attached hydrogens (tertiary/aromatic N) is 2. The van der Waals surface area contributed by atoms with Gasteiger partial charge < -0.3 is 16.0 Å². The Morgan fingerprint density at radius 2 is 1.93 bits per heavy atom. The fourth-order valence-electron chi connectivity index (χ4n) is 3.43. The largest absolute Gasteiger partial charge is 0.354 e. The molecule has 3 N–H and O–H groups in total. The fraction of sp³-hybridized carbons (Fsp3) is 0.450. The van der Waals surface area contributed by atoms with E-state index in [4.69, 9.17) is 0 Å². The van der Waals surface area contributed by atoms with Crippen molar-refractivity contribution in [2.45, 2.75) is 44.7 Å². The topological polar surface area (TPSA) is 88.1 Å². The zero-order chi connectivity index (χ0) is 19.3. The number of amides is 2. The first-order valence-electron chi connectivity index (χ1n) is 9.40. The molecule has 0 saturated carbocycles. The van der Waals surface area contributed by atoms with Crippen LogP contribution in [0.1, 0.15) is 32.3 Å². The summed E-state index contributed by atoms with van der Waals surface area (Å²) in [6.45, 7) is 5.42. The van der Waals surface area contributed by atoms with Crippen LogP contribution < -0.4 is 16.0 Å². The van der Waals surface area contributed by atoms with Gasteiger partial charge in [0.25, 0.3) is 5.91 Å². The van der Waals surface area contributed by atoms with Crippen molar-refractivity contribution in [2.75, 3.05) is 18.4 Å². The molecule has 1 aliphatic rings. The predicted molar refractivity (Wildman–Crippen MR) is 104 cm³/mol. The number of benzene rings is 1. The average Bonchev–Trinajstić information content (AvgIpc) is 3.18. The van der Waals surface area contributed by atoms with Crippen LogP contribution in [0.5, 0.6) is 0 Å². The Kier molecular flexibility index (Phi) is 5.91. The summed E-state index contributed by atoms with van der Waals surface area (Å²) in [5.74, 6) is -0.0628. The van der Waals surface area contributed by atoms with Crippen molar-refractivity contribution in [2.24, 2.45) is 0 Å². The van der Waals surface area contributed by atoms with Gasteiger partial charge in [-0.1, -0.05) is 12.1 Å². The fourth-order valence-corrected chi connectivity index (χ4v) is 3.43. The molecule has 7 nitrogen and oxygen atoms in total. The summed E-state index contributed by atoms with van der Waals surface area (Å²) in [7, 11) is 0. The molecule has 1 fully saturated rings. The molecule has 2 heterocycles. The Hall–Kier alpha value is -2.67. The number of hydrogen-bond donors (Lipinski definition) is 3. The molecular weight excluding hydrogens is 342 g/mol. The van der Waals surface area contributed by atoms with Crippen LogP contribution in [-0.2, 0) is 21.5 Å². The van der Waals surface area contributed by atoms with E-state index in [9.17, 15) is 9.59 Å². The van der Waals surface area contributed by atoms with E-state index in [-0.39, 0.29) is 17.9 Å². The number of piperidine rings is 1. The van der Waals surface area contributed by atoms with E-state index in [1.807, 2.05) is 50.4 Å². The van der Waals surface area contributed by atoms with Crippen LogP contribution in [0, 0.1) is 0 Å². The number of hydrogen-bond acceptors (Lipinski definition) is 4. The first kappa shape index (κ1) is 19.1. The smallest absolute Gasteiger partial charge is 0.252 e. The molecule has 0 radical (unpaired) electrons. The summed E-state index contributed by atoms with van der Waals surface area (Å²) in [6, 6.07) is 9.40. The summed E-state index contributed by atoms with van der Waals surface area (Å²) >= 11 is 0. The summed E-state index contributed by atoms with van der Waals surface area (Å²) in [4.78, 5) is 25.0. The molecule has 0 unspecified atom stereocenters. The minimum atomic E-state index is -0.676. The van der Waals surface area contributed by atoms with E-state index in [2.05, 4.69) is 21.0 Å².